The van der Waals surface area contributed by atoms with Crippen molar-refractivity contribution in [2.45, 2.75) is 39.5 Å². The number of benzene rings is 2. The molecule has 0 spiro atoms. The molecule has 168 valence electrons. The second kappa shape index (κ2) is 11.8. The highest BCUT2D eigenvalue weighted by atomic mass is 127. The maximum absolute atomic E-state index is 11.8. The highest BCUT2D eigenvalue weighted by Gasteiger charge is 2.22. The van der Waals surface area contributed by atoms with Crippen molar-refractivity contribution in [3.05, 3.63) is 58.7 Å². The predicted octanol–water partition coefficient (Wildman–Crippen LogP) is 3.25. The molecule has 0 saturated heterocycles. The maximum Gasteiger partial charge on any atom is 0.251 e. The predicted molar refractivity (Wildman–Crippen MR) is 134 cm³/mol. The molecule has 2 aromatic rings. The lowest BCUT2D eigenvalue weighted by Crippen LogP contribution is -2.36. The highest BCUT2D eigenvalue weighted by molar-refractivity contribution is 14.0. The first-order valence-electron chi connectivity index (χ1n) is 10.2. The molecule has 1 atom stereocenters. The van der Waals surface area contributed by atoms with Crippen LogP contribution in [-0.4, -0.2) is 38.7 Å². The van der Waals surface area contributed by atoms with E-state index in [1.807, 2.05) is 25.1 Å². The number of aliphatic imine (C=N–C) groups is 1. The molecule has 1 amide bonds. The minimum absolute atomic E-state index is 0. The number of hydrogen-bond donors (Lipinski definition) is 3. The highest BCUT2D eigenvalue weighted by Crippen LogP contribution is 2.35. The molecule has 31 heavy (non-hydrogen) atoms. The number of guanidine groups is 1. The molecule has 1 unspecified atom stereocenters. The Morgan fingerprint density at radius 1 is 1.23 bits per heavy atom. The number of fused-ring (bicyclic) bond motifs is 1. The Hall–Kier alpha value is -2.49. The molecule has 1 aliphatic rings. The zero-order valence-electron chi connectivity index (χ0n) is 18.5. The fourth-order valence-corrected chi connectivity index (χ4v) is 3.46. The molecule has 0 bridgehead atoms. The Kier molecular flexibility index (Phi) is 9.42. The van der Waals surface area contributed by atoms with Crippen LogP contribution in [0.1, 0.15) is 40.9 Å². The van der Waals surface area contributed by atoms with E-state index < -0.39 is 0 Å². The Balaban J connectivity index is 0.00000341. The molecular weight excluding hydrogens is 507 g/mol. The number of carbonyl (C=O) groups is 1. The fraction of sp³-hybridized carbons (Fsp3) is 0.391. The van der Waals surface area contributed by atoms with Crippen LogP contribution in [0.2, 0.25) is 0 Å². The van der Waals surface area contributed by atoms with E-state index in [9.17, 15) is 4.79 Å². The van der Waals surface area contributed by atoms with Gasteiger partial charge in [-0.1, -0.05) is 12.1 Å². The smallest absolute Gasteiger partial charge is 0.251 e. The third-order valence-electron chi connectivity index (χ3n) is 4.93. The van der Waals surface area contributed by atoms with Gasteiger partial charge in [0.25, 0.3) is 5.91 Å². The monoisotopic (exact) mass is 538 g/mol. The van der Waals surface area contributed by atoms with Gasteiger partial charge in [-0.25, -0.2) is 0 Å². The van der Waals surface area contributed by atoms with Gasteiger partial charge in [-0.05, 0) is 43.7 Å². The average Bonchev–Trinajstić information content (AvgIpc) is 3.12. The first-order chi connectivity index (χ1) is 14.5. The summed E-state index contributed by atoms with van der Waals surface area (Å²) in [6.07, 6.45) is 1.10. The van der Waals surface area contributed by atoms with E-state index >= 15 is 0 Å². The van der Waals surface area contributed by atoms with Crippen molar-refractivity contribution in [1.82, 2.24) is 16.0 Å². The lowest BCUT2D eigenvalue weighted by molar-refractivity contribution is 0.0963. The summed E-state index contributed by atoms with van der Waals surface area (Å²) in [6.45, 7) is 5.77. The van der Waals surface area contributed by atoms with Crippen LogP contribution in [0.3, 0.4) is 0 Å². The molecule has 0 saturated carbocycles. The van der Waals surface area contributed by atoms with Gasteiger partial charge in [0.05, 0.1) is 6.61 Å². The van der Waals surface area contributed by atoms with E-state index in [1.54, 1.807) is 20.2 Å². The summed E-state index contributed by atoms with van der Waals surface area (Å²) in [5.41, 5.74) is 3.84. The van der Waals surface area contributed by atoms with Crippen molar-refractivity contribution in [2.24, 2.45) is 4.99 Å². The van der Waals surface area contributed by atoms with Crippen LogP contribution in [0.15, 0.2) is 41.4 Å². The normalized spacial score (nSPS) is 14.7. The molecule has 0 radical (unpaired) electrons. The molecule has 0 aliphatic carbocycles. The molecule has 0 fully saturated rings. The summed E-state index contributed by atoms with van der Waals surface area (Å²) >= 11 is 0. The van der Waals surface area contributed by atoms with Gasteiger partial charge in [0.2, 0.25) is 0 Å². The number of rotatable bonds is 7. The number of hydrogen-bond acceptors (Lipinski definition) is 4. The summed E-state index contributed by atoms with van der Waals surface area (Å²) < 4.78 is 11.7. The zero-order valence-corrected chi connectivity index (χ0v) is 20.8. The number of amides is 1. The summed E-state index contributed by atoms with van der Waals surface area (Å²) in [5, 5.41) is 9.26. The zero-order chi connectivity index (χ0) is 21.5. The molecule has 1 aliphatic heterocycles. The quantitative estimate of drug-likeness (QED) is 0.287. The molecule has 7 nitrogen and oxygen atoms in total. The van der Waals surface area contributed by atoms with Gasteiger partial charge in [0.1, 0.15) is 17.6 Å². The lowest BCUT2D eigenvalue weighted by Gasteiger charge is -2.16. The van der Waals surface area contributed by atoms with E-state index in [0.29, 0.717) is 31.2 Å². The SMILES string of the molecule is CCOc1cc2c(cc1CNC(=NC)NCc1cccc(C(=O)NC)c1)OC(C)C2.I. The summed E-state index contributed by atoms with van der Waals surface area (Å²) in [5.74, 6) is 2.36. The minimum Gasteiger partial charge on any atom is -0.494 e. The van der Waals surface area contributed by atoms with Crippen LogP contribution in [0.5, 0.6) is 11.5 Å². The van der Waals surface area contributed by atoms with E-state index in [1.165, 1.54) is 5.56 Å². The number of halogens is 1. The third kappa shape index (κ3) is 6.49. The van der Waals surface area contributed by atoms with E-state index in [4.69, 9.17) is 9.47 Å². The van der Waals surface area contributed by atoms with Crippen LogP contribution in [0, 0.1) is 0 Å². The van der Waals surface area contributed by atoms with Crippen molar-refractivity contribution in [2.75, 3.05) is 20.7 Å². The van der Waals surface area contributed by atoms with Gasteiger partial charge in [0, 0.05) is 50.3 Å². The van der Waals surface area contributed by atoms with Crippen LogP contribution in [0.4, 0.5) is 0 Å². The van der Waals surface area contributed by atoms with Crippen LogP contribution < -0.4 is 25.4 Å². The largest absolute Gasteiger partial charge is 0.494 e. The molecule has 1 heterocycles. The summed E-state index contributed by atoms with van der Waals surface area (Å²) in [7, 11) is 3.35. The van der Waals surface area contributed by atoms with Crippen LogP contribution in [0.25, 0.3) is 0 Å². The van der Waals surface area contributed by atoms with Gasteiger partial charge in [-0.15, -0.1) is 24.0 Å². The second-order valence-electron chi connectivity index (χ2n) is 7.19. The second-order valence-corrected chi connectivity index (χ2v) is 7.19. The Morgan fingerprint density at radius 2 is 2.00 bits per heavy atom. The standard InChI is InChI=1S/C23H30N4O3.HI/c1-5-29-20-11-18-9-15(2)30-21(18)12-19(20)14-27-23(25-4)26-13-16-7-6-8-17(10-16)22(28)24-3;/h6-8,10-12,15H,5,9,13-14H2,1-4H3,(H,24,28)(H2,25,26,27);1H. The molecule has 2 aromatic carbocycles. The Labute approximate surface area is 201 Å². The third-order valence-corrected chi connectivity index (χ3v) is 4.93. The van der Waals surface area contributed by atoms with E-state index in [-0.39, 0.29) is 36.0 Å². The molecule has 8 heteroatoms. The average molecular weight is 538 g/mol. The van der Waals surface area contributed by atoms with E-state index in [0.717, 1.165) is 29.0 Å². The molecule has 3 N–H and O–H groups in total. The topological polar surface area (TPSA) is 84.0 Å². The van der Waals surface area contributed by atoms with Gasteiger partial charge in [0.15, 0.2) is 5.96 Å². The maximum atomic E-state index is 11.8. The number of carbonyl (C=O) groups excluding carboxylic acids is 1. The van der Waals surface area contributed by atoms with E-state index in [2.05, 4.69) is 40.0 Å². The minimum atomic E-state index is -0.101. The molecule has 3 rings (SSSR count). The number of ether oxygens (including phenoxy) is 2. The van der Waals surface area contributed by atoms with Gasteiger partial charge < -0.3 is 25.4 Å². The van der Waals surface area contributed by atoms with Gasteiger partial charge in [-0.3, -0.25) is 9.79 Å². The summed E-state index contributed by atoms with van der Waals surface area (Å²) in [6, 6.07) is 11.6. The first kappa shape index (κ1) is 24.8. The van der Waals surface area contributed by atoms with Crippen molar-refractivity contribution in [3.63, 3.8) is 0 Å². The lowest BCUT2D eigenvalue weighted by atomic mass is 10.1. The van der Waals surface area contributed by atoms with Crippen molar-refractivity contribution < 1.29 is 14.3 Å². The van der Waals surface area contributed by atoms with Crippen LogP contribution in [-0.2, 0) is 19.5 Å². The van der Waals surface area contributed by atoms with Crippen molar-refractivity contribution >= 4 is 35.8 Å². The van der Waals surface area contributed by atoms with Crippen molar-refractivity contribution in [3.8, 4) is 11.5 Å². The summed E-state index contributed by atoms with van der Waals surface area (Å²) in [4.78, 5) is 16.1. The Bertz CT molecular complexity index is 933. The van der Waals surface area contributed by atoms with Crippen molar-refractivity contribution in [1.29, 1.82) is 0 Å². The molecule has 0 aromatic heterocycles. The number of nitrogens with one attached hydrogen (secondary N) is 3. The fourth-order valence-electron chi connectivity index (χ4n) is 3.46. The Morgan fingerprint density at radius 3 is 2.71 bits per heavy atom. The first-order valence-corrected chi connectivity index (χ1v) is 10.2. The molecular formula is C23H31IN4O3. The number of nitrogens with zero attached hydrogens (tertiary/aromatic N) is 1. The van der Waals surface area contributed by atoms with Gasteiger partial charge >= 0.3 is 0 Å². The van der Waals surface area contributed by atoms with Crippen LogP contribution >= 0.6 is 24.0 Å². The van der Waals surface area contributed by atoms with Gasteiger partial charge in [-0.2, -0.15) is 0 Å².